The maximum atomic E-state index is 12.4. The largest absolute Gasteiger partial charge is 0.463 e. The Labute approximate surface area is 123 Å². The van der Waals surface area contributed by atoms with Crippen molar-refractivity contribution in [2.45, 2.75) is 12.8 Å². The molecular weight excluding hydrogens is 268 g/mol. The van der Waals surface area contributed by atoms with Crippen LogP contribution in [0.1, 0.15) is 23.3 Å². The number of carbonyl (C=O) groups excluding carboxylic acids is 1. The third-order valence-electron chi connectivity index (χ3n) is 3.98. The van der Waals surface area contributed by atoms with E-state index in [9.17, 15) is 4.79 Å². The van der Waals surface area contributed by atoms with E-state index >= 15 is 0 Å². The molecule has 112 valence electrons. The zero-order valence-corrected chi connectivity index (χ0v) is 12.1. The molecule has 3 rings (SSSR count). The Bertz CT molecular complexity index is 583. The Morgan fingerprint density at radius 3 is 3.00 bits per heavy atom. The van der Waals surface area contributed by atoms with Crippen LogP contribution in [0.3, 0.4) is 0 Å². The van der Waals surface area contributed by atoms with Crippen molar-refractivity contribution in [3.63, 3.8) is 0 Å². The number of aromatic nitrogens is 2. The SMILES string of the molecule is CNCC1CCN(C(=O)c2cc(-c3ccco3)[nH]n2)CC1. The van der Waals surface area contributed by atoms with Gasteiger partial charge in [0.15, 0.2) is 11.5 Å². The molecule has 0 atom stereocenters. The fourth-order valence-corrected chi connectivity index (χ4v) is 2.78. The fraction of sp³-hybridized carbons (Fsp3) is 0.467. The average Bonchev–Trinajstić information content (AvgIpc) is 3.19. The number of furan rings is 1. The van der Waals surface area contributed by atoms with E-state index in [1.807, 2.05) is 24.1 Å². The zero-order valence-electron chi connectivity index (χ0n) is 12.1. The lowest BCUT2D eigenvalue weighted by molar-refractivity contribution is 0.0685. The molecule has 3 heterocycles. The Morgan fingerprint density at radius 1 is 1.52 bits per heavy atom. The molecule has 0 radical (unpaired) electrons. The number of amides is 1. The van der Waals surface area contributed by atoms with Crippen LogP contribution >= 0.6 is 0 Å². The summed E-state index contributed by atoms with van der Waals surface area (Å²) in [5.74, 6) is 1.35. The lowest BCUT2D eigenvalue weighted by Gasteiger charge is -2.31. The van der Waals surface area contributed by atoms with Gasteiger partial charge in [0.1, 0.15) is 5.69 Å². The van der Waals surface area contributed by atoms with E-state index in [0.717, 1.165) is 38.2 Å². The van der Waals surface area contributed by atoms with Crippen LogP contribution < -0.4 is 5.32 Å². The molecule has 6 heteroatoms. The number of piperidine rings is 1. The monoisotopic (exact) mass is 288 g/mol. The minimum absolute atomic E-state index is 0.00744. The quantitative estimate of drug-likeness (QED) is 0.898. The zero-order chi connectivity index (χ0) is 14.7. The van der Waals surface area contributed by atoms with Crippen LogP contribution in [0.4, 0.5) is 0 Å². The summed E-state index contributed by atoms with van der Waals surface area (Å²) >= 11 is 0. The predicted octanol–water partition coefficient (Wildman–Crippen LogP) is 1.74. The van der Waals surface area contributed by atoms with E-state index in [4.69, 9.17) is 4.42 Å². The Morgan fingerprint density at radius 2 is 2.33 bits per heavy atom. The molecule has 21 heavy (non-hydrogen) atoms. The maximum Gasteiger partial charge on any atom is 0.274 e. The third kappa shape index (κ3) is 3.00. The van der Waals surface area contributed by atoms with Crippen molar-refractivity contribution in [2.75, 3.05) is 26.7 Å². The second kappa shape index (κ2) is 6.13. The van der Waals surface area contributed by atoms with Gasteiger partial charge in [-0.25, -0.2) is 0 Å². The first kappa shape index (κ1) is 13.9. The second-order valence-electron chi connectivity index (χ2n) is 5.44. The number of carbonyl (C=O) groups is 1. The summed E-state index contributed by atoms with van der Waals surface area (Å²) in [4.78, 5) is 14.3. The van der Waals surface area contributed by atoms with Gasteiger partial charge in [-0.2, -0.15) is 5.10 Å². The van der Waals surface area contributed by atoms with Crippen molar-refractivity contribution in [2.24, 2.45) is 5.92 Å². The van der Waals surface area contributed by atoms with Crippen LogP contribution in [0.25, 0.3) is 11.5 Å². The summed E-state index contributed by atoms with van der Waals surface area (Å²) in [6.07, 6.45) is 3.69. The summed E-state index contributed by atoms with van der Waals surface area (Å²) in [7, 11) is 1.97. The van der Waals surface area contributed by atoms with E-state index in [2.05, 4.69) is 15.5 Å². The van der Waals surface area contributed by atoms with Crippen molar-refractivity contribution in [1.82, 2.24) is 20.4 Å². The number of rotatable bonds is 4. The normalized spacial score (nSPS) is 16.3. The Kier molecular flexibility index (Phi) is 4.06. The highest BCUT2D eigenvalue weighted by Crippen LogP contribution is 2.21. The van der Waals surface area contributed by atoms with E-state index in [1.54, 1.807) is 12.3 Å². The van der Waals surface area contributed by atoms with Crippen molar-refractivity contribution >= 4 is 5.91 Å². The summed E-state index contributed by atoms with van der Waals surface area (Å²) in [6, 6.07) is 5.40. The highest BCUT2D eigenvalue weighted by molar-refractivity contribution is 5.93. The van der Waals surface area contributed by atoms with Gasteiger partial charge in [0, 0.05) is 19.2 Å². The molecule has 1 fully saturated rings. The van der Waals surface area contributed by atoms with Gasteiger partial charge in [0.05, 0.1) is 6.26 Å². The molecular formula is C15H20N4O2. The number of likely N-dealkylation sites (tertiary alicyclic amines) is 1. The van der Waals surface area contributed by atoms with Gasteiger partial charge in [-0.3, -0.25) is 9.89 Å². The average molecular weight is 288 g/mol. The third-order valence-corrected chi connectivity index (χ3v) is 3.98. The lowest BCUT2D eigenvalue weighted by Crippen LogP contribution is -2.40. The van der Waals surface area contributed by atoms with Gasteiger partial charge in [-0.05, 0) is 44.5 Å². The maximum absolute atomic E-state index is 12.4. The van der Waals surface area contributed by atoms with Crippen molar-refractivity contribution in [3.8, 4) is 11.5 Å². The Balaban J connectivity index is 1.64. The van der Waals surface area contributed by atoms with Gasteiger partial charge in [-0.1, -0.05) is 0 Å². The fourth-order valence-electron chi connectivity index (χ4n) is 2.78. The first-order chi connectivity index (χ1) is 10.3. The molecule has 0 aromatic carbocycles. The summed E-state index contributed by atoms with van der Waals surface area (Å²) in [5, 5.41) is 10.2. The minimum Gasteiger partial charge on any atom is -0.463 e. The van der Waals surface area contributed by atoms with Crippen molar-refractivity contribution in [1.29, 1.82) is 0 Å². The van der Waals surface area contributed by atoms with Gasteiger partial charge in [0.25, 0.3) is 5.91 Å². The van der Waals surface area contributed by atoms with Crippen molar-refractivity contribution in [3.05, 3.63) is 30.2 Å². The lowest BCUT2D eigenvalue weighted by atomic mass is 9.96. The molecule has 1 aliphatic heterocycles. The van der Waals surface area contributed by atoms with E-state index in [1.165, 1.54) is 0 Å². The standard InChI is InChI=1S/C15H20N4O2/c1-16-10-11-4-6-19(7-5-11)15(20)13-9-12(17-18-13)14-3-2-8-21-14/h2-3,8-9,11,16H,4-7,10H2,1H3,(H,17,18). The molecule has 0 saturated carbocycles. The first-order valence-corrected chi connectivity index (χ1v) is 7.31. The molecule has 0 bridgehead atoms. The van der Waals surface area contributed by atoms with Gasteiger partial charge in [0.2, 0.25) is 0 Å². The molecule has 2 aromatic heterocycles. The molecule has 0 aliphatic carbocycles. The number of hydrogen-bond acceptors (Lipinski definition) is 4. The van der Waals surface area contributed by atoms with E-state index < -0.39 is 0 Å². The topological polar surface area (TPSA) is 74.2 Å². The number of aromatic amines is 1. The molecule has 1 saturated heterocycles. The van der Waals surface area contributed by atoms with Gasteiger partial charge in [-0.15, -0.1) is 0 Å². The van der Waals surface area contributed by atoms with Gasteiger partial charge < -0.3 is 14.6 Å². The smallest absolute Gasteiger partial charge is 0.274 e. The second-order valence-corrected chi connectivity index (χ2v) is 5.44. The van der Waals surface area contributed by atoms with Crippen LogP contribution in [0.5, 0.6) is 0 Å². The molecule has 1 aliphatic rings. The van der Waals surface area contributed by atoms with E-state index in [-0.39, 0.29) is 5.91 Å². The van der Waals surface area contributed by atoms with E-state index in [0.29, 0.717) is 17.4 Å². The molecule has 2 aromatic rings. The molecule has 1 amide bonds. The molecule has 0 unspecified atom stereocenters. The highest BCUT2D eigenvalue weighted by atomic mass is 16.3. The van der Waals surface area contributed by atoms with Gasteiger partial charge >= 0.3 is 0 Å². The van der Waals surface area contributed by atoms with Crippen LogP contribution in [0.2, 0.25) is 0 Å². The summed E-state index contributed by atoms with van der Waals surface area (Å²) in [6.45, 7) is 2.62. The van der Waals surface area contributed by atoms with Crippen molar-refractivity contribution < 1.29 is 9.21 Å². The molecule has 6 nitrogen and oxygen atoms in total. The van der Waals surface area contributed by atoms with Crippen LogP contribution in [-0.2, 0) is 0 Å². The number of nitrogens with one attached hydrogen (secondary N) is 2. The van der Waals surface area contributed by atoms with Crippen LogP contribution in [0.15, 0.2) is 28.9 Å². The Hall–Kier alpha value is -2.08. The summed E-state index contributed by atoms with van der Waals surface area (Å²) in [5.41, 5.74) is 1.18. The predicted molar refractivity (Wildman–Crippen MR) is 78.8 cm³/mol. The number of nitrogens with zero attached hydrogens (tertiary/aromatic N) is 2. The molecule has 2 N–H and O–H groups in total. The van der Waals surface area contributed by atoms with Crippen LogP contribution in [-0.4, -0.2) is 47.7 Å². The molecule has 0 spiro atoms. The highest BCUT2D eigenvalue weighted by Gasteiger charge is 2.25. The summed E-state index contributed by atoms with van der Waals surface area (Å²) < 4.78 is 5.30. The number of hydrogen-bond donors (Lipinski definition) is 2. The van der Waals surface area contributed by atoms with Crippen LogP contribution in [0, 0.1) is 5.92 Å². The first-order valence-electron chi connectivity index (χ1n) is 7.31. The number of H-pyrrole nitrogens is 1. The minimum atomic E-state index is -0.00744.